The third kappa shape index (κ3) is 4.72. The molecular formula is C22H21ClF2N2O5S. The second kappa shape index (κ2) is 8.64. The van der Waals surface area contributed by atoms with Crippen molar-refractivity contribution in [2.75, 3.05) is 13.1 Å². The summed E-state index contributed by atoms with van der Waals surface area (Å²) in [5, 5.41) is 8.75. The molecule has 2 aromatic rings. The van der Waals surface area contributed by atoms with Gasteiger partial charge in [0, 0.05) is 19.2 Å². The van der Waals surface area contributed by atoms with Crippen molar-refractivity contribution in [1.82, 2.24) is 9.88 Å². The van der Waals surface area contributed by atoms with E-state index in [1.165, 1.54) is 18.3 Å². The van der Waals surface area contributed by atoms with Crippen LogP contribution in [0.1, 0.15) is 19.3 Å². The molecule has 0 spiro atoms. The van der Waals surface area contributed by atoms with Gasteiger partial charge in [-0.3, -0.25) is 9.59 Å². The number of likely N-dealkylation sites (tertiary alicyclic amines) is 1. The van der Waals surface area contributed by atoms with Crippen LogP contribution in [0.5, 0.6) is 0 Å². The lowest BCUT2D eigenvalue weighted by atomic mass is 9.95. The molecule has 2 aliphatic rings. The highest BCUT2D eigenvalue weighted by Crippen LogP contribution is 2.41. The summed E-state index contributed by atoms with van der Waals surface area (Å²) >= 11 is 5.92. The molecule has 1 N–H and O–H groups in total. The Balaban J connectivity index is 1.60. The number of carbonyl (C=O) groups excluding carboxylic acids is 1. The van der Waals surface area contributed by atoms with Crippen LogP contribution in [0.4, 0.5) is 8.78 Å². The van der Waals surface area contributed by atoms with Crippen LogP contribution in [0, 0.1) is 11.8 Å². The molecule has 4 rings (SSSR count). The number of benzene rings is 1. The summed E-state index contributed by atoms with van der Waals surface area (Å²) in [5.74, 6) is -7.48. The topological polar surface area (TPSA) is 105 Å². The fourth-order valence-electron chi connectivity index (χ4n) is 4.58. The molecule has 1 saturated carbocycles. The van der Waals surface area contributed by atoms with Gasteiger partial charge in [0.05, 0.1) is 28.5 Å². The maximum Gasteiger partial charge on any atom is 0.307 e. The van der Waals surface area contributed by atoms with Crippen LogP contribution in [0.2, 0.25) is 5.15 Å². The number of alkyl halides is 2. The quantitative estimate of drug-likeness (QED) is 0.632. The highest BCUT2D eigenvalue weighted by atomic mass is 35.5. The van der Waals surface area contributed by atoms with Crippen LogP contribution in [-0.2, 0) is 19.4 Å². The number of carboxylic acids is 1. The minimum Gasteiger partial charge on any atom is -0.481 e. The van der Waals surface area contributed by atoms with Gasteiger partial charge in [-0.1, -0.05) is 23.7 Å². The summed E-state index contributed by atoms with van der Waals surface area (Å²) in [6.07, 6.45) is 0.511. The molecular weight excluding hydrogens is 478 g/mol. The molecule has 3 atom stereocenters. The van der Waals surface area contributed by atoms with E-state index in [2.05, 4.69) is 4.98 Å². The van der Waals surface area contributed by atoms with Gasteiger partial charge in [0.15, 0.2) is 9.84 Å². The van der Waals surface area contributed by atoms with Gasteiger partial charge in [-0.15, -0.1) is 0 Å². The van der Waals surface area contributed by atoms with Crippen molar-refractivity contribution >= 4 is 33.3 Å². The molecule has 1 aliphatic carbocycles. The number of halogens is 3. The van der Waals surface area contributed by atoms with Gasteiger partial charge in [-0.05, 0) is 48.2 Å². The Hall–Kier alpha value is -2.59. The SMILES string of the molecule is O=C(O)[C@@H]1C[C@H](S(=O)(=O)c2cccc(-c3ccnc(Cl)c3)c2)C[C@H]1C(=O)N1CCC(F)(F)C1. The number of aromatic nitrogens is 1. The van der Waals surface area contributed by atoms with Crippen molar-refractivity contribution in [3.8, 4) is 11.1 Å². The number of aliphatic carboxylic acids is 1. The average molecular weight is 499 g/mol. The Labute approximate surface area is 194 Å². The predicted molar refractivity (Wildman–Crippen MR) is 116 cm³/mol. The van der Waals surface area contributed by atoms with Crippen LogP contribution in [0.15, 0.2) is 47.5 Å². The summed E-state index contributed by atoms with van der Waals surface area (Å²) < 4.78 is 53.9. The molecule has 1 aromatic carbocycles. The second-order valence-corrected chi connectivity index (χ2v) is 11.1. The van der Waals surface area contributed by atoms with E-state index >= 15 is 0 Å². The van der Waals surface area contributed by atoms with Gasteiger partial charge in [-0.25, -0.2) is 22.2 Å². The number of carboxylic acid groups (broad SMARTS) is 1. The standard InChI is InChI=1S/C22H21ClF2N2O5S/c23-19-9-14(4-6-26-19)13-2-1-3-15(8-13)33(31,32)16-10-17(18(11-16)21(29)30)20(28)27-7-5-22(24,25)12-27/h1-4,6,8-9,16-18H,5,7,10-12H2,(H,29,30)/t16-,17-,18-/m1/s1. The van der Waals surface area contributed by atoms with Crippen molar-refractivity contribution in [2.24, 2.45) is 11.8 Å². The highest BCUT2D eigenvalue weighted by Gasteiger charge is 2.51. The molecule has 0 bridgehead atoms. The first-order valence-corrected chi connectivity index (χ1v) is 12.3. The van der Waals surface area contributed by atoms with Crippen molar-refractivity contribution in [3.63, 3.8) is 0 Å². The fourth-order valence-corrected chi connectivity index (χ4v) is 6.62. The Morgan fingerprint density at radius 1 is 1.12 bits per heavy atom. The van der Waals surface area contributed by atoms with E-state index < -0.39 is 57.7 Å². The lowest BCUT2D eigenvalue weighted by molar-refractivity contribution is -0.149. The van der Waals surface area contributed by atoms with Crippen LogP contribution in [0.3, 0.4) is 0 Å². The Bertz CT molecular complexity index is 1210. The molecule has 7 nitrogen and oxygen atoms in total. The molecule has 1 aliphatic heterocycles. The van der Waals surface area contributed by atoms with Gasteiger partial charge in [0.2, 0.25) is 5.91 Å². The summed E-state index contributed by atoms with van der Waals surface area (Å²) in [4.78, 5) is 29.5. The molecule has 0 unspecified atom stereocenters. The van der Waals surface area contributed by atoms with Crippen LogP contribution in [-0.4, -0.2) is 59.5 Å². The van der Waals surface area contributed by atoms with Gasteiger partial charge in [0.25, 0.3) is 5.92 Å². The smallest absolute Gasteiger partial charge is 0.307 e. The molecule has 2 fully saturated rings. The Morgan fingerprint density at radius 3 is 2.45 bits per heavy atom. The van der Waals surface area contributed by atoms with E-state index in [9.17, 15) is 31.9 Å². The first-order chi connectivity index (χ1) is 15.5. The van der Waals surface area contributed by atoms with Crippen LogP contribution in [0.25, 0.3) is 11.1 Å². The monoisotopic (exact) mass is 498 g/mol. The maximum atomic E-state index is 13.6. The third-order valence-electron chi connectivity index (χ3n) is 6.30. The second-order valence-electron chi connectivity index (χ2n) is 8.45. The van der Waals surface area contributed by atoms with E-state index in [0.717, 1.165) is 4.90 Å². The van der Waals surface area contributed by atoms with Crippen LogP contribution >= 0.6 is 11.6 Å². The Kier molecular flexibility index (Phi) is 6.17. The molecule has 2 heterocycles. The molecule has 11 heteroatoms. The molecule has 33 heavy (non-hydrogen) atoms. The van der Waals surface area contributed by atoms with Crippen molar-refractivity contribution < 1.29 is 31.9 Å². The van der Waals surface area contributed by atoms with Gasteiger partial charge in [0.1, 0.15) is 5.15 Å². The average Bonchev–Trinajstić information content (AvgIpc) is 3.37. The minimum atomic E-state index is -3.99. The molecule has 0 radical (unpaired) electrons. The lowest BCUT2D eigenvalue weighted by Gasteiger charge is -2.22. The number of pyridine rings is 1. The van der Waals surface area contributed by atoms with E-state index in [1.54, 1.807) is 24.3 Å². The Morgan fingerprint density at radius 2 is 1.82 bits per heavy atom. The number of nitrogens with zero attached hydrogens (tertiary/aromatic N) is 2. The zero-order valence-corrected chi connectivity index (χ0v) is 18.9. The highest BCUT2D eigenvalue weighted by molar-refractivity contribution is 7.92. The normalized spacial score (nSPS) is 24.7. The minimum absolute atomic E-state index is 0.0112. The van der Waals surface area contributed by atoms with E-state index in [-0.39, 0.29) is 29.4 Å². The van der Waals surface area contributed by atoms with Crippen molar-refractivity contribution in [2.45, 2.75) is 35.3 Å². The van der Waals surface area contributed by atoms with Crippen molar-refractivity contribution in [1.29, 1.82) is 0 Å². The summed E-state index contributed by atoms with van der Waals surface area (Å²) in [6.45, 7) is -0.953. The third-order valence-corrected chi connectivity index (χ3v) is 8.68. The maximum absolute atomic E-state index is 13.6. The first kappa shape index (κ1) is 23.6. The summed E-state index contributed by atoms with van der Waals surface area (Å²) in [5.41, 5.74) is 1.24. The number of hydrogen-bond acceptors (Lipinski definition) is 5. The van der Waals surface area contributed by atoms with E-state index in [1.807, 2.05) is 0 Å². The number of carbonyl (C=O) groups is 2. The number of rotatable bonds is 5. The molecule has 1 aromatic heterocycles. The zero-order chi connectivity index (χ0) is 24.0. The molecule has 1 saturated heterocycles. The lowest BCUT2D eigenvalue weighted by Crippen LogP contribution is -2.39. The number of hydrogen-bond donors (Lipinski definition) is 1. The zero-order valence-electron chi connectivity index (χ0n) is 17.3. The first-order valence-electron chi connectivity index (χ1n) is 10.3. The van der Waals surface area contributed by atoms with Gasteiger partial charge < -0.3 is 10.0 Å². The van der Waals surface area contributed by atoms with E-state index in [4.69, 9.17) is 11.6 Å². The molecule has 1 amide bonds. The number of amides is 1. The van der Waals surface area contributed by atoms with Gasteiger partial charge in [-0.2, -0.15) is 0 Å². The van der Waals surface area contributed by atoms with E-state index in [0.29, 0.717) is 11.1 Å². The summed E-state index contributed by atoms with van der Waals surface area (Å²) in [7, 11) is -3.99. The fraction of sp³-hybridized carbons (Fsp3) is 0.409. The number of sulfone groups is 1. The molecule has 176 valence electrons. The van der Waals surface area contributed by atoms with Gasteiger partial charge >= 0.3 is 5.97 Å². The summed E-state index contributed by atoms with van der Waals surface area (Å²) in [6, 6.07) is 9.41. The van der Waals surface area contributed by atoms with Crippen LogP contribution < -0.4 is 0 Å². The van der Waals surface area contributed by atoms with Crippen molar-refractivity contribution in [3.05, 3.63) is 47.7 Å². The predicted octanol–water partition coefficient (Wildman–Crippen LogP) is 3.52. The largest absolute Gasteiger partial charge is 0.481 e.